The molecule has 2 N–H and O–H groups in total. The molecule has 2 aliphatic rings. The van der Waals surface area contributed by atoms with Gasteiger partial charge in [-0.2, -0.15) is 0 Å². The van der Waals surface area contributed by atoms with E-state index in [2.05, 4.69) is 26.6 Å². The molecule has 6 heteroatoms. The van der Waals surface area contributed by atoms with Gasteiger partial charge in [-0.05, 0) is 43.5 Å². The number of nitrogens with one attached hydrogen (secondary N) is 2. The Kier molecular flexibility index (Phi) is 8.52. The summed E-state index contributed by atoms with van der Waals surface area (Å²) in [6.45, 7) is 6.90. The summed E-state index contributed by atoms with van der Waals surface area (Å²) in [4.78, 5) is 6.92. The van der Waals surface area contributed by atoms with Gasteiger partial charge in [0.25, 0.3) is 0 Å². The lowest BCUT2D eigenvalue weighted by atomic mass is 9.96. The largest absolute Gasteiger partial charge is 0.316 e. The first kappa shape index (κ1) is 18.7. The van der Waals surface area contributed by atoms with E-state index in [0.29, 0.717) is 6.04 Å². The van der Waals surface area contributed by atoms with Gasteiger partial charge < -0.3 is 10.6 Å². The van der Waals surface area contributed by atoms with Crippen molar-refractivity contribution in [3.63, 3.8) is 0 Å². The normalized spacial score (nSPS) is 26.5. The SMILES string of the molecule is Cl.Cl.c1cncc(C2CNCCN2CC2CCCNC2)c1. The third kappa shape index (κ3) is 5.08. The molecule has 2 atom stereocenters. The number of halogens is 2. The number of nitrogens with zero attached hydrogens (tertiary/aromatic N) is 2. The summed E-state index contributed by atoms with van der Waals surface area (Å²) >= 11 is 0. The van der Waals surface area contributed by atoms with Gasteiger partial charge in [-0.15, -0.1) is 24.8 Å². The van der Waals surface area contributed by atoms with Crippen LogP contribution in [0.25, 0.3) is 0 Å². The minimum absolute atomic E-state index is 0. The zero-order valence-corrected chi connectivity index (χ0v) is 14.0. The van der Waals surface area contributed by atoms with Crippen LogP contribution < -0.4 is 10.6 Å². The van der Waals surface area contributed by atoms with Gasteiger partial charge in [-0.3, -0.25) is 9.88 Å². The first-order valence-corrected chi connectivity index (χ1v) is 7.49. The summed E-state index contributed by atoms with van der Waals surface area (Å²) in [5.41, 5.74) is 1.35. The van der Waals surface area contributed by atoms with Gasteiger partial charge in [0.1, 0.15) is 0 Å². The predicted molar refractivity (Wildman–Crippen MR) is 91.5 cm³/mol. The van der Waals surface area contributed by atoms with Gasteiger partial charge in [-0.25, -0.2) is 0 Å². The highest BCUT2D eigenvalue weighted by Gasteiger charge is 2.26. The highest BCUT2D eigenvalue weighted by atomic mass is 35.5. The second-order valence-corrected chi connectivity index (χ2v) is 5.71. The fraction of sp³-hybridized carbons (Fsp3) is 0.667. The van der Waals surface area contributed by atoms with Crippen molar-refractivity contribution in [1.29, 1.82) is 0 Å². The predicted octanol–water partition coefficient (Wildman–Crippen LogP) is 1.87. The molecule has 1 aromatic rings. The molecule has 0 bridgehead atoms. The van der Waals surface area contributed by atoms with Crippen LogP contribution in [0.3, 0.4) is 0 Å². The van der Waals surface area contributed by atoms with E-state index in [-0.39, 0.29) is 24.8 Å². The number of hydrogen-bond donors (Lipinski definition) is 2. The zero-order valence-electron chi connectivity index (χ0n) is 12.3. The summed E-state index contributed by atoms with van der Waals surface area (Å²) in [5, 5.41) is 7.04. The zero-order chi connectivity index (χ0) is 12.9. The highest BCUT2D eigenvalue weighted by molar-refractivity contribution is 5.85. The highest BCUT2D eigenvalue weighted by Crippen LogP contribution is 2.24. The maximum Gasteiger partial charge on any atom is 0.0488 e. The van der Waals surface area contributed by atoms with E-state index >= 15 is 0 Å². The van der Waals surface area contributed by atoms with Crippen LogP contribution >= 0.6 is 24.8 Å². The van der Waals surface area contributed by atoms with Crippen LogP contribution in [0.1, 0.15) is 24.4 Å². The van der Waals surface area contributed by atoms with E-state index in [4.69, 9.17) is 0 Å². The monoisotopic (exact) mass is 332 g/mol. The molecule has 0 amide bonds. The summed E-state index contributed by atoms with van der Waals surface area (Å²) in [6, 6.07) is 4.74. The molecule has 0 aromatic carbocycles. The van der Waals surface area contributed by atoms with Crippen molar-refractivity contribution < 1.29 is 0 Å². The van der Waals surface area contributed by atoms with Crippen LogP contribution in [0.2, 0.25) is 0 Å². The third-order valence-corrected chi connectivity index (χ3v) is 4.32. The molecule has 4 nitrogen and oxygen atoms in total. The quantitative estimate of drug-likeness (QED) is 0.886. The average Bonchev–Trinajstić information content (AvgIpc) is 2.50. The number of piperidine rings is 1. The van der Waals surface area contributed by atoms with Gasteiger partial charge in [0.15, 0.2) is 0 Å². The van der Waals surface area contributed by atoms with Gasteiger partial charge in [0, 0.05) is 44.6 Å². The van der Waals surface area contributed by atoms with Gasteiger partial charge in [0.05, 0.1) is 0 Å². The van der Waals surface area contributed by atoms with Gasteiger partial charge in [-0.1, -0.05) is 6.07 Å². The topological polar surface area (TPSA) is 40.2 Å². The molecule has 0 spiro atoms. The van der Waals surface area contributed by atoms with E-state index < -0.39 is 0 Å². The fourth-order valence-corrected chi connectivity index (χ4v) is 3.28. The van der Waals surface area contributed by atoms with Crippen LogP contribution in [-0.4, -0.2) is 49.2 Å². The summed E-state index contributed by atoms with van der Waals surface area (Å²) in [6.07, 6.45) is 6.57. The molecule has 21 heavy (non-hydrogen) atoms. The first-order chi connectivity index (χ1) is 9.43. The molecule has 2 saturated heterocycles. The minimum atomic E-state index is 0. The molecule has 0 saturated carbocycles. The van der Waals surface area contributed by atoms with Crippen LogP contribution in [0.15, 0.2) is 24.5 Å². The molecule has 2 fully saturated rings. The molecular weight excluding hydrogens is 307 g/mol. The number of rotatable bonds is 3. The van der Waals surface area contributed by atoms with E-state index in [1.807, 2.05) is 18.5 Å². The fourth-order valence-electron chi connectivity index (χ4n) is 3.28. The van der Waals surface area contributed by atoms with Crippen LogP contribution in [0, 0.1) is 5.92 Å². The maximum atomic E-state index is 4.27. The Morgan fingerprint density at radius 3 is 2.76 bits per heavy atom. The lowest BCUT2D eigenvalue weighted by molar-refractivity contribution is 0.127. The van der Waals surface area contributed by atoms with Crippen molar-refractivity contribution in [1.82, 2.24) is 20.5 Å². The standard InChI is InChI=1S/C15H24N4.2ClH/c1-3-13(9-16-5-1)12-19-8-7-18-11-15(19)14-4-2-6-17-10-14;;/h2,4,6,10,13,15-16,18H,1,3,5,7-9,11-12H2;2*1H. The molecule has 2 unspecified atom stereocenters. The van der Waals surface area contributed by atoms with Crippen LogP contribution in [0.5, 0.6) is 0 Å². The van der Waals surface area contributed by atoms with E-state index in [0.717, 1.165) is 25.6 Å². The summed E-state index contributed by atoms with van der Waals surface area (Å²) in [5.74, 6) is 0.811. The molecule has 3 heterocycles. The van der Waals surface area contributed by atoms with Crippen molar-refractivity contribution in [2.45, 2.75) is 18.9 Å². The molecule has 3 rings (SSSR count). The maximum absolute atomic E-state index is 4.27. The molecule has 0 aliphatic carbocycles. The minimum Gasteiger partial charge on any atom is -0.316 e. The Hall–Kier alpha value is -0.390. The summed E-state index contributed by atoms with van der Waals surface area (Å²) < 4.78 is 0. The Bertz CT molecular complexity index is 385. The van der Waals surface area contributed by atoms with Crippen LogP contribution in [0.4, 0.5) is 0 Å². The molecule has 0 radical (unpaired) electrons. The van der Waals surface area contributed by atoms with E-state index in [1.165, 1.54) is 38.0 Å². The smallest absolute Gasteiger partial charge is 0.0488 e. The van der Waals surface area contributed by atoms with Gasteiger partial charge in [0.2, 0.25) is 0 Å². The Balaban J connectivity index is 0.00000110. The van der Waals surface area contributed by atoms with Crippen molar-refractivity contribution in [3.8, 4) is 0 Å². The van der Waals surface area contributed by atoms with E-state index in [9.17, 15) is 0 Å². The van der Waals surface area contributed by atoms with Gasteiger partial charge >= 0.3 is 0 Å². The van der Waals surface area contributed by atoms with Crippen molar-refractivity contribution in [2.24, 2.45) is 5.92 Å². The number of pyridine rings is 1. The Morgan fingerprint density at radius 2 is 2.05 bits per heavy atom. The van der Waals surface area contributed by atoms with Crippen molar-refractivity contribution >= 4 is 24.8 Å². The van der Waals surface area contributed by atoms with Crippen molar-refractivity contribution in [3.05, 3.63) is 30.1 Å². The molecule has 2 aliphatic heterocycles. The Morgan fingerprint density at radius 1 is 1.19 bits per heavy atom. The van der Waals surface area contributed by atoms with Crippen LogP contribution in [-0.2, 0) is 0 Å². The number of aromatic nitrogens is 1. The second kappa shape index (κ2) is 9.59. The van der Waals surface area contributed by atoms with E-state index in [1.54, 1.807) is 0 Å². The second-order valence-electron chi connectivity index (χ2n) is 5.71. The number of hydrogen-bond acceptors (Lipinski definition) is 4. The Labute approximate surface area is 139 Å². The average molecular weight is 333 g/mol. The molecular formula is C15H26Cl2N4. The van der Waals surface area contributed by atoms with Crippen molar-refractivity contribution in [2.75, 3.05) is 39.3 Å². The number of piperazine rings is 1. The lowest BCUT2D eigenvalue weighted by Gasteiger charge is -2.39. The molecule has 1 aromatic heterocycles. The summed E-state index contributed by atoms with van der Waals surface area (Å²) in [7, 11) is 0. The third-order valence-electron chi connectivity index (χ3n) is 4.32. The first-order valence-electron chi connectivity index (χ1n) is 7.49. The molecule has 120 valence electrons. The lowest BCUT2D eigenvalue weighted by Crippen LogP contribution is -2.49.